The van der Waals surface area contributed by atoms with Gasteiger partial charge in [-0.3, -0.25) is 0 Å². The van der Waals surface area contributed by atoms with Crippen LogP contribution < -0.4 is 4.72 Å². The van der Waals surface area contributed by atoms with Crippen LogP contribution >= 0.6 is 0 Å². The molecule has 0 amide bonds. The van der Waals surface area contributed by atoms with E-state index >= 15 is 0 Å². The molecule has 1 aliphatic rings. The lowest BCUT2D eigenvalue weighted by atomic mass is 9.83. The van der Waals surface area contributed by atoms with Gasteiger partial charge in [0.15, 0.2) is 0 Å². The van der Waals surface area contributed by atoms with Crippen molar-refractivity contribution in [2.24, 2.45) is 5.92 Å². The first-order valence-electron chi connectivity index (χ1n) is 6.78. The molecule has 1 aromatic rings. The minimum atomic E-state index is -3.41. The second-order valence-corrected chi connectivity index (χ2v) is 7.00. The zero-order valence-corrected chi connectivity index (χ0v) is 12.0. The first kappa shape index (κ1) is 14.5. The number of aliphatic hydroxyl groups excluding tert-OH is 1. The lowest BCUT2D eigenvalue weighted by Crippen LogP contribution is -2.38. The van der Waals surface area contributed by atoms with Gasteiger partial charge in [0.1, 0.15) is 0 Å². The summed E-state index contributed by atoms with van der Waals surface area (Å²) in [5.41, 5.74) is 1.16. The van der Waals surface area contributed by atoms with Gasteiger partial charge in [0.25, 0.3) is 0 Å². The van der Waals surface area contributed by atoms with Crippen LogP contribution in [0.15, 0.2) is 29.2 Å². The molecule has 19 heavy (non-hydrogen) atoms. The van der Waals surface area contributed by atoms with Crippen LogP contribution in [0, 0.1) is 5.92 Å². The summed E-state index contributed by atoms with van der Waals surface area (Å²) in [4.78, 5) is 0.312. The molecule has 1 aliphatic carbocycles. The van der Waals surface area contributed by atoms with Crippen LogP contribution in [-0.4, -0.2) is 26.2 Å². The third kappa shape index (κ3) is 3.78. The van der Waals surface area contributed by atoms with Crippen molar-refractivity contribution < 1.29 is 13.5 Å². The predicted octanol–water partition coefficient (Wildman–Crippen LogP) is 1.69. The quantitative estimate of drug-likeness (QED) is 0.835. The zero-order chi connectivity index (χ0) is 13.9. The molecular weight excluding hydrogens is 262 g/mol. The molecule has 0 aromatic heterocycles. The molecule has 0 saturated heterocycles. The van der Waals surface area contributed by atoms with Gasteiger partial charge >= 0.3 is 0 Å². The Labute approximate surface area is 114 Å². The van der Waals surface area contributed by atoms with E-state index in [9.17, 15) is 8.42 Å². The summed E-state index contributed by atoms with van der Waals surface area (Å²) in [6.45, 7) is 2.51. The smallest absolute Gasteiger partial charge is 0.240 e. The number of aryl methyl sites for hydroxylation is 1. The Kier molecular flexibility index (Phi) is 4.60. The van der Waals surface area contributed by atoms with E-state index in [1.165, 1.54) is 0 Å². The SMILES string of the molecule is CCCc1ccc(S(=O)(=O)NCC2CC(O)C2)cc1. The highest BCUT2D eigenvalue weighted by Crippen LogP contribution is 2.26. The van der Waals surface area contributed by atoms with Crippen LogP contribution in [0.1, 0.15) is 31.7 Å². The minimum absolute atomic E-state index is 0.247. The molecule has 0 unspecified atom stereocenters. The molecule has 106 valence electrons. The molecule has 0 atom stereocenters. The number of aliphatic hydroxyl groups is 1. The fraction of sp³-hybridized carbons (Fsp3) is 0.571. The molecule has 1 saturated carbocycles. The van der Waals surface area contributed by atoms with Gasteiger partial charge in [-0.05, 0) is 42.9 Å². The summed E-state index contributed by atoms with van der Waals surface area (Å²) in [6, 6.07) is 7.04. The van der Waals surface area contributed by atoms with E-state index in [0.29, 0.717) is 24.3 Å². The van der Waals surface area contributed by atoms with Gasteiger partial charge in [-0.15, -0.1) is 0 Å². The van der Waals surface area contributed by atoms with Crippen LogP contribution in [0.4, 0.5) is 0 Å². The number of benzene rings is 1. The first-order valence-corrected chi connectivity index (χ1v) is 8.26. The predicted molar refractivity (Wildman–Crippen MR) is 74.4 cm³/mol. The summed E-state index contributed by atoms with van der Waals surface area (Å²) < 4.78 is 26.7. The van der Waals surface area contributed by atoms with Crippen LogP contribution in [0.3, 0.4) is 0 Å². The molecule has 2 rings (SSSR count). The topological polar surface area (TPSA) is 66.4 Å². The normalized spacial score (nSPS) is 23.1. The molecular formula is C14H21NO3S. The van der Waals surface area contributed by atoms with E-state index in [-0.39, 0.29) is 12.0 Å². The van der Waals surface area contributed by atoms with Crippen molar-refractivity contribution in [3.05, 3.63) is 29.8 Å². The number of rotatable bonds is 6. The lowest BCUT2D eigenvalue weighted by molar-refractivity contribution is 0.0453. The van der Waals surface area contributed by atoms with Gasteiger partial charge in [0, 0.05) is 6.54 Å². The Morgan fingerprint density at radius 3 is 2.42 bits per heavy atom. The van der Waals surface area contributed by atoms with Crippen molar-refractivity contribution in [2.45, 2.75) is 43.6 Å². The molecule has 1 aromatic carbocycles. The largest absolute Gasteiger partial charge is 0.393 e. The highest BCUT2D eigenvalue weighted by Gasteiger charge is 2.28. The summed E-state index contributed by atoms with van der Waals surface area (Å²) in [5.74, 6) is 0.268. The van der Waals surface area contributed by atoms with Crippen LogP contribution in [0.25, 0.3) is 0 Å². The molecule has 2 N–H and O–H groups in total. The fourth-order valence-electron chi connectivity index (χ4n) is 2.30. The van der Waals surface area contributed by atoms with E-state index in [2.05, 4.69) is 11.6 Å². The Bertz CT molecular complexity index is 504. The van der Waals surface area contributed by atoms with Gasteiger partial charge in [-0.25, -0.2) is 13.1 Å². The summed E-state index contributed by atoms with van der Waals surface area (Å²) >= 11 is 0. The minimum Gasteiger partial charge on any atom is -0.393 e. The van der Waals surface area contributed by atoms with E-state index in [0.717, 1.165) is 18.4 Å². The standard InChI is InChI=1S/C14H21NO3S/c1-2-3-11-4-6-14(7-5-11)19(17,18)15-10-12-8-13(16)9-12/h4-7,12-13,15-16H,2-3,8-10H2,1H3. The maximum absolute atomic E-state index is 12.1. The van der Waals surface area contributed by atoms with Crippen molar-refractivity contribution in [2.75, 3.05) is 6.54 Å². The molecule has 4 nitrogen and oxygen atoms in total. The lowest BCUT2D eigenvalue weighted by Gasteiger charge is -2.31. The fourth-order valence-corrected chi connectivity index (χ4v) is 3.42. The van der Waals surface area contributed by atoms with E-state index in [4.69, 9.17) is 5.11 Å². The molecule has 1 fully saturated rings. The van der Waals surface area contributed by atoms with Crippen LogP contribution in [0.2, 0.25) is 0 Å². The van der Waals surface area contributed by atoms with Crippen LogP contribution in [0.5, 0.6) is 0 Å². The molecule has 5 heteroatoms. The Morgan fingerprint density at radius 2 is 1.89 bits per heavy atom. The highest BCUT2D eigenvalue weighted by atomic mass is 32.2. The number of nitrogens with one attached hydrogen (secondary N) is 1. The molecule has 0 bridgehead atoms. The van der Waals surface area contributed by atoms with Gasteiger partial charge in [-0.1, -0.05) is 25.5 Å². The highest BCUT2D eigenvalue weighted by molar-refractivity contribution is 7.89. The maximum atomic E-state index is 12.1. The van der Waals surface area contributed by atoms with E-state index in [1.807, 2.05) is 12.1 Å². The van der Waals surface area contributed by atoms with Gasteiger partial charge in [-0.2, -0.15) is 0 Å². The number of hydrogen-bond donors (Lipinski definition) is 2. The Balaban J connectivity index is 1.94. The number of hydrogen-bond acceptors (Lipinski definition) is 3. The molecule has 0 heterocycles. The van der Waals surface area contributed by atoms with Crippen LogP contribution in [-0.2, 0) is 16.4 Å². The molecule has 0 radical (unpaired) electrons. The summed E-state index contributed by atoms with van der Waals surface area (Å²) in [6.07, 6.45) is 3.15. The van der Waals surface area contributed by atoms with Crippen molar-refractivity contribution in [1.29, 1.82) is 0 Å². The van der Waals surface area contributed by atoms with Crippen molar-refractivity contribution in [3.8, 4) is 0 Å². The van der Waals surface area contributed by atoms with Gasteiger partial charge < -0.3 is 5.11 Å². The number of sulfonamides is 1. The van der Waals surface area contributed by atoms with Crippen molar-refractivity contribution in [1.82, 2.24) is 4.72 Å². The van der Waals surface area contributed by atoms with E-state index in [1.54, 1.807) is 12.1 Å². The monoisotopic (exact) mass is 283 g/mol. The Hall–Kier alpha value is -0.910. The Morgan fingerprint density at radius 1 is 1.26 bits per heavy atom. The third-order valence-corrected chi connectivity index (χ3v) is 4.98. The summed E-state index contributed by atoms with van der Waals surface area (Å²) in [5, 5.41) is 9.17. The second-order valence-electron chi connectivity index (χ2n) is 5.24. The second kappa shape index (κ2) is 6.03. The first-order chi connectivity index (χ1) is 9.01. The van der Waals surface area contributed by atoms with Crippen molar-refractivity contribution in [3.63, 3.8) is 0 Å². The average Bonchev–Trinajstić information content (AvgIpc) is 2.34. The van der Waals surface area contributed by atoms with Gasteiger partial charge in [0.2, 0.25) is 10.0 Å². The van der Waals surface area contributed by atoms with Gasteiger partial charge in [0.05, 0.1) is 11.0 Å². The third-order valence-electron chi connectivity index (χ3n) is 3.55. The van der Waals surface area contributed by atoms with Crippen molar-refractivity contribution >= 4 is 10.0 Å². The van der Waals surface area contributed by atoms with E-state index < -0.39 is 10.0 Å². The maximum Gasteiger partial charge on any atom is 0.240 e. The molecule has 0 spiro atoms. The summed E-state index contributed by atoms with van der Waals surface area (Å²) in [7, 11) is -3.41. The zero-order valence-electron chi connectivity index (χ0n) is 11.2. The molecule has 0 aliphatic heterocycles. The average molecular weight is 283 g/mol.